The largest absolute Gasteiger partial charge is 0.464 e. The highest BCUT2D eigenvalue weighted by Crippen LogP contribution is 2.10. The molecule has 1 heterocycles. The maximum Gasteiger partial charge on any atom is 0.360 e. The second kappa shape index (κ2) is 8.83. The van der Waals surface area contributed by atoms with E-state index in [2.05, 4.69) is 9.72 Å². The SMILES string of the molecule is COCCN(Cc1nc(C(=O)OC)co1)C(=O)Cc1ccccc1. The molecule has 0 aliphatic carbocycles. The lowest BCUT2D eigenvalue weighted by atomic mass is 10.1. The molecule has 1 amide bonds. The summed E-state index contributed by atoms with van der Waals surface area (Å²) in [7, 11) is 2.84. The van der Waals surface area contributed by atoms with Gasteiger partial charge in [0.15, 0.2) is 5.69 Å². The first kappa shape index (κ1) is 17.7. The number of oxazole rings is 1. The summed E-state index contributed by atoms with van der Waals surface area (Å²) in [6, 6.07) is 9.47. The zero-order valence-corrected chi connectivity index (χ0v) is 13.7. The molecule has 0 fully saturated rings. The van der Waals surface area contributed by atoms with Crippen molar-refractivity contribution < 1.29 is 23.5 Å². The number of aromatic nitrogens is 1. The van der Waals surface area contributed by atoms with Gasteiger partial charge in [0.05, 0.1) is 26.7 Å². The summed E-state index contributed by atoms with van der Waals surface area (Å²) in [6.07, 6.45) is 1.49. The summed E-state index contributed by atoms with van der Waals surface area (Å²) in [5.74, 6) is -0.381. The number of amides is 1. The van der Waals surface area contributed by atoms with Crippen molar-refractivity contribution in [1.82, 2.24) is 9.88 Å². The van der Waals surface area contributed by atoms with Crippen LogP contribution in [0.25, 0.3) is 0 Å². The maximum absolute atomic E-state index is 12.5. The lowest BCUT2D eigenvalue weighted by Gasteiger charge is -2.20. The van der Waals surface area contributed by atoms with Crippen molar-refractivity contribution in [3.63, 3.8) is 0 Å². The van der Waals surface area contributed by atoms with E-state index in [1.54, 1.807) is 12.0 Å². The molecule has 0 spiro atoms. The van der Waals surface area contributed by atoms with E-state index in [-0.39, 0.29) is 30.5 Å². The Morgan fingerprint density at radius 2 is 1.96 bits per heavy atom. The molecule has 7 nitrogen and oxygen atoms in total. The predicted molar refractivity (Wildman–Crippen MR) is 85.3 cm³/mol. The number of methoxy groups -OCH3 is 2. The molecular formula is C17H20N2O5. The second-order valence-electron chi connectivity index (χ2n) is 5.09. The van der Waals surface area contributed by atoms with Gasteiger partial charge in [-0.3, -0.25) is 4.79 Å². The van der Waals surface area contributed by atoms with Crippen molar-refractivity contribution in [1.29, 1.82) is 0 Å². The number of hydrogen-bond acceptors (Lipinski definition) is 6. The number of hydrogen-bond donors (Lipinski definition) is 0. The van der Waals surface area contributed by atoms with Crippen molar-refractivity contribution in [2.45, 2.75) is 13.0 Å². The Morgan fingerprint density at radius 1 is 1.21 bits per heavy atom. The average molecular weight is 332 g/mol. The van der Waals surface area contributed by atoms with Gasteiger partial charge in [0.25, 0.3) is 0 Å². The van der Waals surface area contributed by atoms with Gasteiger partial charge >= 0.3 is 5.97 Å². The number of nitrogens with zero attached hydrogens (tertiary/aromatic N) is 2. The van der Waals surface area contributed by atoms with Crippen LogP contribution >= 0.6 is 0 Å². The standard InChI is InChI=1S/C17H20N2O5/c1-22-9-8-19(16(20)10-13-6-4-3-5-7-13)11-15-18-14(12-24-15)17(21)23-2/h3-7,12H,8-11H2,1-2H3. The van der Waals surface area contributed by atoms with E-state index < -0.39 is 5.97 Å². The normalized spacial score (nSPS) is 10.4. The molecule has 2 aromatic rings. The van der Waals surface area contributed by atoms with Crippen LogP contribution in [0.15, 0.2) is 41.0 Å². The summed E-state index contributed by atoms with van der Waals surface area (Å²) in [4.78, 5) is 29.6. The van der Waals surface area contributed by atoms with Crippen LogP contribution in [0.3, 0.4) is 0 Å². The molecule has 24 heavy (non-hydrogen) atoms. The minimum absolute atomic E-state index is 0.0731. The fraction of sp³-hybridized carbons (Fsp3) is 0.353. The zero-order valence-electron chi connectivity index (χ0n) is 13.7. The third kappa shape index (κ3) is 4.92. The zero-order chi connectivity index (χ0) is 17.4. The van der Waals surface area contributed by atoms with E-state index in [0.29, 0.717) is 13.2 Å². The van der Waals surface area contributed by atoms with Crippen LogP contribution in [0.1, 0.15) is 21.9 Å². The Labute approximate surface area is 140 Å². The number of carbonyl (C=O) groups is 2. The molecule has 0 saturated carbocycles. The monoisotopic (exact) mass is 332 g/mol. The van der Waals surface area contributed by atoms with Crippen LogP contribution in [0.2, 0.25) is 0 Å². The van der Waals surface area contributed by atoms with E-state index in [9.17, 15) is 9.59 Å². The van der Waals surface area contributed by atoms with Crippen LogP contribution < -0.4 is 0 Å². The van der Waals surface area contributed by atoms with Gasteiger partial charge < -0.3 is 18.8 Å². The lowest BCUT2D eigenvalue weighted by Crippen LogP contribution is -2.34. The molecular weight excluding hydrogens is 312 g/mol. The average Bonchev–Trinajstić information content (AvgIpc) is 3.07. The van der Waals surface area contributed by atoms with E-state index in [0.717, 1.165) is 5.56 Å². The van der Waals surface area contributed by atoms with E-state index >= 15 is 0 Å². The Morgan fingerprint density at radius 3 is 2.62 bits per heavy atom. The van der Waals surface area contributed by atoms with Gasteiger partial charge in [0, 0.05) is 13.7 Å². The minimum Gasteiger partial charge on any atom is -0.464 e. The maximum atomic E-state index is 12.5. The number of rotatable bonds is 8. The van der Waals surface area contributed by atoms with Crippen LogP contribution in [0, 0.1) is 0 Å². The van der Waals surface area contributed by atoms with Gasteiger partial charge in [-0.05, 0) is 5.56 Å². The van der Waals surface area contributed by atoms with Crippen LogP contribution in [-0.2, 0) is 27.2 Å². The predicted octanol–water partition coefficient (Wildman–Crippen LogP) is 1.68. The lowest BCUT2D eigenvalue weighted by molar-refractivity contribution is -0.132. The Bertz CT molecular complexity index is 669. The van der Waals surface area contributed by atoms with Gasteiger partial charge in [0.2, 0.25) is 11.8 Å². The van der Waals surface area contributed by atoms with E-state index in [4.69, 9.17) is 9.15 Å². The molecule has 0 N–H and O–H groups in total. The first-order chi connectivity index (χ1) is 11.6. The fourth-order valence-electron chi connectivity index (χ4n) is 2.12. The molecule has 2 rings (SSSR count). The van der Waals surface area contributed by atoms with Crippen molar-refractivity contribution >= 4 is 11.9 Å². The molecule has 0 saturated heterocycles. The summed E-state index contributed by atoms with van der Waals surface area (Å²) in [5, 5.41) is 0. The Balaban J connectivity index is 2.05. The molecule has 1 aromatic carbocycles. The van der Waals surface area contributed by atoms with E-state index in [1.807, 2.05) is 30.3 Å². The molecule has 0 radical (unpaired) electrons. The molecule has 0 aliphatic rings. The van der Waals surface area contributed by atoms with E-state index in [1.165, 1.54) is 13.4 Å². The third-order valence-electron chi connectivity index (χ3n) is 3.39. The molecule has 1 aromatic heterocycles. The first-order valence-corrected chi connectivity index (χ1v) is 7.47. The Hall–Kier alpha value is -2.67. The van der Waals surface area contributed by atoms with Crippen molar-refractivity contribution in [3.8, 4) is 0 Å². The van der Waals surface area contributed by atoms with Gasteiger partial charge in [-0.1, -0.05) is 30.3 Å². The summed E-state index contributed by atoms with van der Waals surface area (Å²) < 4.78 is 14.9. The Kier molecular flexibility index (Phi) is 6.51. The van der Waals surface area contributed by atoms with Gasteiger partial charge in [-0.25, -0.2) is 9.78 Å². The first-order valence-electron chi connectivity index (χ1n) is 7.47. The summed E-state index contributed by atoms with van der Waals surface area (Å²) in [6.45, 7) is 0.954. The van der Waals surface area contributed by atoms with Crippen molar-refractivity contribution in [3.05, 3.63) is 53.7 Å². The van der Waals surface area contributed by atoms with Crippen LogP contribution in [0.5, 0.6) is 0 Å². The smallest absolute Gasteiger partial charge is 0.360 e. The minimum atomic E-state index is -0.580. The number of carbonyl (C=O) groups excluding carboxylic acids is 2. The quantitative estimate of drug-likeness (QED) is 0.684. The molecule has 128 valence electrons. The molecule has 0 atom stereocenters. The highest BCUT2D eigenvalue weighted by atomic mass is 16.5. The molecule has 0 aliphatic heterocycles. The topological polar surface area (TPSA) is 81.9 Å². The van der Waals surface area contributed by atoms with Crippen LogP contribution in [0.4, 0.5) is 0 Å². The van der Waals surface area contributed by atoms with Crippen molar-refractivity contribution in [2.24, 2.45) is 0 Å². The third-order valence-corrected chi connectivity index (χ3v) is 3.39. The van der Waals surface area contributed by atoms with Gasteiger partial charge in [-0.15, -0.1) is 0 Å². The second-order valence-corrected chi connectivity index (χ2v) is 5.09. The number of benzene rings is 1. The number of ether oxygens (including phenoxy) is 2. The summed E-state index contributed by atoms with van der Waals surface area (Å²) >= 11 is 0. The van der Waals surface area contributed by atoms with Gasteiger partial charge in [-0.2, -0.15) is 0 Å². The fourth-order valence-corrected chi connectivity index (χ4v) is 2.12. The molecule has 0 unspecified atom stereocenters. The highest BCUT2D eigenvalue weighted by molar-refractivity contribution is 5.86. The molecule has 7 heteroatoms. The molecule has 0 bridgehead atoms. The van der Waals surface area contributed by atoms with Gasteiger partial charge in [0.1, 0.15) is 6.26 Å². The number of esters is 1. The van der Waals surface area contributed by atoms with Crippen molar-refractivity contribution in [2.75, 3.05) is 27.4 Å². The highest BCUT2D eigenvalue weighted by Gasteiger charge is 2.19. The van der Waals surface area contributed by atoms with Crippen LogP contribution in [-0.4, -0.2) is 49.1 Å². The summed E-state index contributed by atoms with van der Waals surface area (Å²) in [5.41, 5.74) is 1.00.